The van der Waals surface area contributed by atoms with Crippen LogP contribution in [0.1, 0.15) is 77.9 Å². The van der Waals surface area contributed by atoms with Gasteiger partial charge < -0.3 is 5.11 Å². The largest absolute Gasteiger partial charge is 0.481 e. The second-order valence-corrected chi connectivity index (χ2v) is 4.66. The lowest BCUT2D eigenvalue weighted by Crippen LogP contribution is -1.93. The molecule has 0 rings (SSSR count). The van der Waals surface area contributed by atoms with Gasteiger partial charge in [0.05, 0.1) is 0 Å². The van der Waals surface area contributed by atoms with Crippen LogP contribution in [0.4, 0.5) is 0 Å². The Labute approximate surface area is 131 Å². The number of hydrogen-bond donors (Lipinski definition) is 1. The van der Waals surface area contributed by atoms with Gasteiger partial charge in [0, 0.05) is 13.3 Å². The third-order valence-electron chi connectivity index (χ3n) is 2.84. The van der Waals surface area contributed by atoms with Crippen molar-refractivity contribution in [3.8, 4) is 0 Å². The maximum atomic E-state index is 10.3. The quantitative estimate of drug-likeness (QED) is 0.350. The van der Waals surface area contributed by atoms with Crippen molar-refractivity contribution >= 4 is 5.97 Å². The molecule has 0 atom stereocenters. The molecule has 0 amide bonds. The van der Waals surface area contributed by atoms with Gasteiger partial charge in [0.15, 0.2) is 0 Å². The predicted molar refractivity (Wildman–Crippen MR) is 86.9 cm³/mol. The Morgan fingerprint density at radius 2 is 1.55 bits per heavy atom. The summed E-state index contributed by atoms with van der Waals surface area (Å²) < 4.78 is 36.1. The average molecular weight is 283 g/mol. The number of unbranched alkanes of at least 4 members (excludes halogenated alkanes) is 5. The van der Waals surface area contributed by atoms with Crippen LogP contribution in [0.2, 0.25) is 0 Å². The summed E-state index contributed by atoms with van der Waals surface area (Å²) in [6, 6.07) is 0. The molecule has 0 aromatic heterocycles. The van der Waals surface area contributed by atoms with E-state index in [-0.39, 0.29) is 6.42 Å². The standard InChI is InChI=1S/C18H30O2/c1-2-3-4-5-6-7-8-9-10-11-12-13-14-15-16-17-18(19)20/h3-4,6-7,9-10H,2,5,8,11-17H2,1H3,(H,19,20)/b4-3-,7-6-,10-9-/i1D3,2D2. The zero-order chi connectivity index (χ0) is 19.2. The number of hydrogen-bond acceptors (Lipinski definition) is 1. The van der Waals surface area contributed by atoms with Crippen molar-refractivity contribution in [3.63, 3.8) is 0 Å². The summed E-state index contributed by atoms with van der Waals surface area (Å²) in [4.78, 5) is 10.3. The van der Waals surface area contributed by atoms with Crippen molar-refractivity contribution in [1.82, 2.24) is 0 Å². The molecule has 0 aliphatic carbocycles. The van der Waals surface area contributed by atoms with E-state index in [1.807, 2.05) is 12.2 Å². The number of carbonyl (C=O) groups is 1. The van der Waals surface area contributed by atoms with Gasteiger partial charge in [-0.1, -0.05) is 62.6 Å². The fourth-order valence-electron chi connectivity index (χ4n) is 1.76. The highest BCUT2D eigenvalue weighted by atomic mass is 16.4. The number of aliphatic carboxylic acids is 1. The highest BCUT2D eigenvalue weighted by Gasteiger charge is 1.95. The van der Waals surface area contributed by atoms with Gasteiger partial charge in [0.2, 0.25) is 0 Å². The van der Waals surface area contributed by atoms with E-state index in [4.69, 9.17) is 12.0 Å². The lowest BCUT2D eigenvalue weighted by atomic mass is 10.1. The molecule has 0 fully saturated rings. The maximum absolute atomic E-state index is 10.3. The minimum Gasteiger partial charge on any atom is -0.481 e. The Morgan fingerprint density at radius 1 is 0.950 bits per heavy atom. The molecule has 0 saturated carbocycles. The minimum atomic E-state index is -2.63. The first-order chi connectivity index (χ1) is 11.7. The molecule has 0 saturated heterocycles. The van der Waals surface area contributed by atoms with Crippen LogP contribution in [0.25, 0.3) is 0 Å². The molecule has 114 valence electrons. The zero-order valence-corrected chi connectivity index (χ0v) is 12.2. The summed E-state index contributed by atoms with van der Waals surface area (Å²) in [5.74, 6) is -0.720. The third kappa shape index (κ3) is 16.7. The van der Waals surface area contributed by atoms with Crippen LogP contribution in [0, 0.1) is 0 Å². The Hall–Kier alpha value is -1.31. The molecule has 0 radical (unpaired) electrons. The fraction of sp³-hybridized carbons (Fsp3) is 0.611. The molecule has 1 N–H and O–H groups in total. The van der Waals surface area contributed by atoms with Gasteiger partial charge in [-0.05, 0) is 38.5 Å². The van der Waals surface area contributed by atoms with Crippen LogP contribution in [-0.4, -0.2) is 11.1 Å². The SMILES string of the molecule is [2H]C([2H])([2H])C([2H])([2H])/C=C\C/C=C\C/C=C\CCCCCCCC(=O)O. The summed E-state index contributed by atoms with van der Waals surface area (Å²) >= 11 is 0. The molecule has 0 aliphatic heterocycles. The third-order valence-corrected chi connectivity index (χ3v) is 2.84. The fourth-order valence-corrected chi connectivity index (χ4v) is 1.76. The van der Waals surface area contributed by atoms with E-state index in [9.17, 15) is 4.79 Å². The lowest BCUT2D eigenvalue weighted by Gasteiger charge is -1.98. The van der Waals surface area contributed by atoms with Crippen LogP contribution in [0.5, 0.6) is 0 Å². The van der Waals surface area contributed by atoms with E-state index < -0.39 is 19.2 Å². The first-order valence-corrected chi connectivity index (χ1v) is 7.36. The van der Waals surface area contributed by atoms with E-state index >= 15 is 0 Å². The number of carboxylic acids is 1. The number of rotatable bonds is 13. The number of carboxylic acid groups (broad SMARTS) is 1. The Bertz CT molecular complexity index is 451. The average Bonchev–Trinajstić information content (AvgIpc) is 2.49. The molecule has 2 nitrogen and oxygen atoms in total. The normalized spacial score (nSPS) is 17.1. The van der Waals surface area contributed by atoms with Gasteiger partial charge in [-0.15, -0.1) is 0 Å². The molecule has 0 aromatic carbocycles. The molecule has 0 unspecified atom stereocenters. The first kappa shape index (κ1) is 11.4. The maximum Gasteiger partial charge on any atom is 0.303 e. The van der Waals surface area contributed by atoms with Gasteiger partial charge in [-0.2, -0.15) is 0 Å². The first-order valence-electron chi connectivity index (χ1n) is 9.86. The number of allylic oxidation sites excluding steroid dienone is 6. The highest BCUT2D eigenvalue weighted by molar-refractivity contribution is 5.66. The van der Waals surface area contributed by atoms with Crippen LogP contribution in [0.15, 0.2) is 36.5 Å². The van der Waals surface area contributed by atoms with Crippen LogP contribution in [0.3, 0.4) is 0 Å². The Balaban J connectivity index is 3.63. The summed E-state index contributed by atoms with van der Waals surface area (Å²) in [5.41, 5.74) is 0. The molecular weight excluding hydrogens is 248 g/mol. The van der Waals surface area contributed by atoms with Crippen molar-refractivity contribution in [2.75, 3.05) is 0 Å². The topological polar surface area (TPSA) is 37.3 Å². The van der Waals surface area contributed by atoms with Gasteiger partial charge in [-0.25, -0.2) is 0 Å². The minimum absolute atomic E-state index is 0.266. The van der Waals surface area contributed by atoms with E-state index in [2.05, 4.69) is 12.2 Å². The van der Waals surface area contributed by atoms with E-state index in [1.54, 1.807) is 0 Å². The summed E-state index contributed by atoms with van der Waals surface area (Å²) in [5, 5.41) is 8.51. The van der Waals surface area contributed by atoms with E-state index in [0.717, 1.165) is 51.0 Å². The molecule has 0 aliphatic rings. The van der Waals surface area contributed by atoms with Crippen molar-refractivity contribution in [2.45, 2.75) is 71.0 Å². The van der Waals surface area contributed by atoms with Gasteiger partial charge in [-0.3, -0.25) is 4.79 Å². The Morgan fingerprint density at radius 3 is 2.25 bits per heavy atom. The van der Waals surface area contributed by atoms with Crippen molar-refractivity contribution in [3.05, 3.63) is 36.5 Å². The summed E-state index contributed by atoms with van der Waals surface area (Å²) in [6.07, 6.45) is 16.1. The van der Waals surface area contributed by atoms with E-state index in [1.165, 1.54) is 6.08 Å². The van der Waals surface area contributed by atoms with Crippen molar-refractivity contribution in [2.24, 2.45) is 0 Å². The molecule has 2 heteroatoms. The molecule has 20 heavy (non-hydrogen) atoms. The van der Waals surface area contributed by atoms with Gasteiger partial charge in [0.25, 0.3) is 0 Å². The molecule has 0 aromatic rings. The lowest BCUT2D eigenvalue weighted by molar-refractivity contribution is -0.137. The van der Waals surface area contributed by atoms with Crippen LogP contribution in [-0.2, 0) is 4.79 Å². The monoisotopic (exact) mass is 283 g/mol. The van der Waals surface area contributed by atoms with Gasteiger partial charge >= 0.3 is 5.97 Å². The van der Waals surface area contributed by atoms with Crippen LogP contribution >= 0.6 is 0 Å². The Kier molecular flexibility index (Phi) is 8.94. The molecule has 0 bridgehead atoms. The highest BCUT2D eigenvalue weighted by Crippen LogP contribution is 2.07. The smallest absolute Gasteiger partial charge is 0.303 e. The van der Waals surface area contributed by atoms with Crippen molar-refractivity contribution in [1.29, 1.82) is 0 Å². The molecule has 0 heterocycles. The molecule has 0 spiro atoms. The van der Waals surface area contributed by atoms with E-state index in [0.29, 0.717) is 6.42 Å². The second-order valence-electron chi connectivity index (χ2n) is 4.66. The zero-order valence-electron chi connectivity index (χ0n) is 17.2. The predicted octanol–water partition coefficient (Wildman–Crippen LogP) is 5.66. The second kappa shape index (κ2) is 15.7. The summed E-state index contributed by atoms with van der Waals surface area (Å²) in [7, 11) is 0. The van der Waals surface area contributed by atoms with Gasteiger partial charge in [0.1, 0.15) is 0 Å². The van der Waals surface area contributed by atoms with Crippen molar-refractivity contribution < 1.29 is 16.8 Å². The molecular formula is C18H30O2. The van der Waals surface area contributed by atoms with Crippen LogP contribution < -0.4 is 0 Å². The summed E-state index contributed by atoms with van der Waals surface area (Å²) in [6.45, 7) is -2.63.